The third kappa shape index (κ3) is 2.26. The van der Waals surface area contributed by atoms with Gasteiger partial charge in [-0.25, -0.2) is 0 Å². The number of allylic oxidation sites excluding steroid dienone is 2. The van der Waals surface area contributed by atoms with E-state index < -0.39 is 18.1 Å². The summed E-state index contributed by atoms with van der Waals surface area (Å²) in [4.78, 5) is 0. The average molecular weight is 323 g/mol. The molecule has 6 heteroatoms. The van der Waals surface area contributed by atoms with Gasteiger partial charge in [-0.15, -0.1) is 0 Å². The van der Waals surface area contributed by atoms with Crippen molar-refractivity contribution >= 4 is 6.08 Å². The highest BCUT2D eigenvalue weighted by molar-refractivity contribution is 5.59. The Kier molecular flexibility index (Phi) is 3.24. The standard InChI is InChI=1S/C17H20F3N3/c1-8-4-13(17(18,19)20)16(21)11-3-2-9-6-14-10(7-22-23-14)5-12(9)15(8)11/h6-7,11-13,16H,2-5,21H2,1H3,(H,22,23). The Bertz CT molecular complexity index is 698. The molecule has 0 saturated heterocycles. The summed E-state index contributed by atoms with van der Waals surface area (Å²) in [6.07, 6.45) is 2.14. The van der Waals surface area contributed by atoms with Crippen LogP contribution in [0.3, 0.4) is 0 Å². The van der Waals surface area contributed by atoms with Crippen LogP contribution in [-0.4, -0.2) is 22.4 Å². The summed E-state index contributed by atoms with van der Waals surface area (Å²) >= 11 is 0. The van der Waals surface area contributed by atoms with Gasteiger partial charge in [-0.1, -0.05) is 16.7 Å². The third-order valence-corrected chi connectivity index (χ3v) is 5.84. The van der Waals surface area contributed by atoms with E-state index in [1.165, 1.54) is 11.1 Å². The molecule has 0 aromatic carbocycles. The smallest absolute Gasteiger partial charge is 0.327 e. The van der Waals surface area contributed by atoms with Crippen molar-refractivity contribution in [1.82, 2.24) is 10.2 Å². The van der Waals surface area contributed by atoms with Crippen LogP contribution >= 0.6 is 0 Å². The SMILES string of the molecule is CC1=C2C3Cc4cn[nH]c4C=C3CCC2C(N)C(C(F)(F)F)C1. The summed E-state index contributed by atoms with van der Waals surface area (Å²) in [6, 6.07) is -0.819. The summed E-state index contributed by atoms with van der Waals surface area (Å²) in [5, 5.41) is 7.08. The van der Waals surface area contributed by atoms with Crippen molar-refractivity contribution in [2.24, 2.45) is 23.5 Å². The number of hydrogen-bond donors (Lipinski definition) is 2. The average Bonchev–Trinajstić information content (AvgIpc) is 2.93. The van der Waals surface area contributed by atoms with E-state index in [1.807, 2.05) is 13.1 Å². The van der Waals surface area contributed by atoms with Crippen LogP contribution in [0.15, 0.2) is 22.9 Å². The van der Waals surface area contributed by atoms with E-state index in [4.69, 9.17) is 5.73 Å². The summed E-state index contributed by atoms with van der Waals surface area (Å²) in [7, 11) is 0. The van der Waals surface area contributed by atoms with Gasteiger partial charge in [0.05, 0.1) is 17.8 Å². The minimum atomic E-state index is -4.22. The van der Waals surface area contributed by atoms with Gasteiger partial charge in [-0.05, 0) is 50.2 Å². The Morgan fingerprint density at radius 2 is 2.09 bits per heavy atom. The predicted molar refractivity (Wildman–Crippen MR) is 81.3 cm³/mol. The molecule has 4 rings (SSSR count). The number of halogens is 3. The fourth-order valence-corrected chi connectivity index (χ4v) is 4.75. The first kappa shape index (κ1) is 15.0. The Morgan fingerprint density at radius 3 is 2.83 bits per heavy atom. The van der Waals surface area contributed by atoms with Crippen LogP contribution in [0.25, 0.3) is 6.08 Å². The lowest BCUT2D eigenvalue weighted by Crippen LogP contribution is -2.50. The maximum Gasteiger partial charge on any atom is 0.393 e. The topological polar surface area (TPSA) is 54.7 Å². The zero-order chi connectivity index (χ0) is 16.4. The van der Waals surface area contributed by atoms with Crippen molar-refractivity contribution in [3.8, 4) is 0 Å². The molecule has 1 aromatic rings. The molecule has 1 aromatic heterocycles. The number of fused-ring (bicyclic) bond motifs is 4. The van der Waals surface area contributed by atoms with E-state index in [-0.39, 0.29) is 18.3 Å². The highest BCUT2D eigenvalue weighted by Gasteiger charge is 2.51. The van der Waals surface area contributed by atoms with Gasteiger partial charge in [-0.2, -0.15) is 18.3 Å². The lowest BCUT2D eigenvalue weighted by molar-refractivity contribution is -0.184. The number of H-pyrrole nitrogens is 1. The molecule has 1 fully saturated rings. The van der Waals surface area contributed by atoms with E-state index in [1.54, 1.807) is 0 Å². The van der Waals surface area contributed by atoms with Crippen molar-refractivity contribution in [3.63, 3.8) is 0 Å². The minimum absolute atomic E-state index is 0.0402. The van der Waals surface area contributed by atoms with Crippen LogP contribution < -0.4 is 5.73 Å². The molecule has 0 spiro atoms. The van der Waals surface area contributed by atoms with Gasteiger partial charge in [0.1, 0.15) is 0 Å². The van der Waals surface area contributed by atoms with Gasteiger partial charge in [0.2, 0.25) is 0 Å². The highest BCUT2D eigenvalue weighted by atomic mass is 19.4. The van der Waals surface area contributed by atoms with E-state index in [0.29, 0.717) is 6.42 Å². The van der Waals surface area contributed by atoms with E-state index in [2.05, 4.69) is 16.3 Å². The Balaban J connectivity index is 1.74. The van der Waals surface area contributed by atoms with Gasteiger partial charge in [0, 0.05) is 12.0 Å². The monoisotopic (exact) mass is 323 g/mol. The third-order valence-electron chi connectivity index (χ3n) is 5.84. The van der Waals surface area contributed by atoms with E-state index in [0.717, 1.165) is 29.7 Å². The molecule has 23 heavy (non-hydrogen) atoms. The second kappa shape index (κ2) is 4.97. The van der Waals surface area contributed by atoms with Gasteiger partial charge < -0.3 is 5.73 Å². The number of aromatic nitrogens is 2. The molecule has 1 saturated carbocycles. The Morgan fingerprint density at radius 1 is 1.30 bits per heavy atom. The van der Waals surface area contributed by atoms with Gasteiger partial charge in [0.15, 0.2) is 0 Å². The van der Waals surface area contributed by atoms with Crippen molar-refractivity contribution in [1.29, 1.82) is 0 Å². The number of rotatable bonds is 0. The molecule has 3 N–H and O–H groups in total. The maximum absolute atomic E-state index is 13.3. The molecule has 3 nitrogen and oxygen atoms in total. The maximum atomic E-state index is 13.3. The molecular weight excluding hydrogens is 303 g/mol. The lowest BCUT2D eigenvalue weighted by Gasteiger charge is -2.46. The summed E-state index contributed by atoms with van der Waals surface area (Å²) in [5.41, 5.74) is 11.6. The highest BCUT2D eigenvalue weighted by Crippen LogP contribution is 2.52. The summed E-state index contributed by atoms with van der Waals surface area (Å²) in [5.74, 6) is -1.35. The number of hydrogen-bond acceptors (Lipinski definition) is 2. The molecule has 0 bridgehead atoms. The molecular formula is C17H20F3N3. The Hall–Kier alpha value is -1.56. The Labute approximate surface area is 132 Å². The zero-order valence-corrected chi connectivity index (χ0v) is 13.0. The van der Waals surface area contributed by atoms with Gasteiger partial charge >= 0.3 is 6.18 Å². The second-order valence-electron chi connectivity index (χ2n) is 7.10. The van der Waals surface area contributed by atoms with Crippen molar-refractivity contribution < 1.29 is 13.2 Å². The van der Waals surface area contributed by atoms with Crippen molar-refractivity contribution in [2.45, 2.75) is 44.8 Å². The predicted octanol–water partition coefficient (Wildman–Crippen LogP) is 3.60. The number of alkyl halides is 3. The number of nitrogens with one attached hydrogen (secondary N) is 1. The van der Waals surface area contributed by atoms with Gasteiger partial charge in [0.25, 0.3) is 0 Å². The number of nitrogens with zero attached hydrogens (tertiary/aromatic N) is 1. The molecule has 3 aliphatic rings. The lowest BCUT2D eigenvalue weighted by atomic mass is 9.61. The fourth-order valence-electron chi connectivity index (χ4n) is 4.75. The molecule has 124 valence electrons. The van der Waals surface area contributed by atoms with Crippen LogP contribution in [0.1, 0.15) is 37.4 Å². The number of aromatic amines is 1. The normalized spacial score (nSPS) is 33.7. The first-order chi connectivity index (χ1) is 10.9. The molecule has 0 amide bonds. The van der Waals surface area contributed by atoms with Crippen LogP contribution in [0.4, 0.5) is 13.2 Å². The molecule has 4 atom stereocenters. The van der Waals surface area contributed by atoms with E-state index >= 15 is 0 Å². The zero-order valence-electron chi connectivity index (χ0n) is 13.0. The quantitative estimate of drug-likeness (QED) is 0.717. The first-order valence-corrected chi connectivity index (χ1v) is 8.10. The van der Waals surface area contributed by atoms with Crippen molar-refractivity contribution in [2.75, 3.05) is 0 Å². The molecule has 4 unspecified atom stereocenters. The first-order valence-electron chi connectivity index (χ1n) is 8.10. The largest absolute Gasteiger partial charge is 0.393 e. The fraction of sp³-hybridized carbons (Fsp3) is 0.588. The summed E-state index contributed by atoms with van der Waals surface area (Å²) < 4.78 is 39.9. The van der Waals surface area contributed by atoms with Crippen LogP contribution in [-0.2, 0) is 6.42 Å². The van der Waals surface area contributed by atoms with Crippen LogP contribution in [0.2, 0.25) is 0 Å². The molecule has 0 aliphatic heterocycles. The van der Waals surface area contributed by atoms with Crippen LogP contribution in [0, 0.1) is 17.8 Å². The van der Waals surface area contributed by atoms with Gasteiger partial charge in [-0.3, -0.25) is 5.10 Å². The molecule has 0 radical (unpaired) electrons. The molecule has 1 heterocycles. The number of nitrogens with two attached hydrogens (primary N) is 1. The summed E-state index contributed by atoms with van der Waals surface area (Å²) in [6.45, 7) is 1.86. The second-order valence-corrected chi connectivity index (χ2v) is 7.10. The molecule has 3 aliphatic carbocycles. The van der Waals surface area contributed by atoms with Crippen molar-refractivity contribution in [3.05, 3.63) is 34.2 Å². The minimum Gasteiger partial charge on any atom is -0.327 e. The van der Waals surface area contributed by atoms with Crippen LogP contribution in [0.5, 0.6) is 0 Å². The van der Waals surface area contributed by atoms with E-state index in [9.17, 15) is 13.2 Å².